The molecule has 0 aliphatic heterocycles. The molecule has 0 spiro atoms. The summed E-state index contributed by atoms with van der Waals surface area (Å²) in [6.07, 6.45) is 0.223. The predicted octanol–water partition coefficient (Wildman–Crippen LogP) is 2.61. The Labute approximate surface area is 110 Å². The van der Waals surface area contributed by atoms with Gasteiger partial charge in [0.2, 0.25) is 0 Å². The molecule has 1 aromatic rings. The maximum atomic E-state index is 10.1. The van der Waals surface area contributed by atoms with Gasteiger partial charge in [-0.15, -0.1) is 0 Å². The highest BCUT2D eigenvalue weighted by molar-refractivity contribution is 5.46. The van der Waals surface area contributed by atoms with Gasteiger partial charge in [0, 0.05) is 26.4 Å². The fourth-order valence-corrected chi connectivity index (χ4v) is 1.73. The molecular formula is C15H25NO2. The molecule has 3 heteroatoms. The number of hydrogen-bond donors (Lipinski definition) is 1. The number of aliphatic hydroxyl groups excluding tert-OH is 1. The molecule has 0 saturated heterocycles. The molecule has 0 aliphatic rings. The van der Waals surface area contributed by atoms with Gasteiger partial charge in [-0.05, 0) is 39.3 Å². The van der Waals surface area contributed by atoms with E-state index in [0.717, 1.165) is 6.54 Å². The van der Waals surface area contributed by atoms with Crippen molar-refractivity contribution < 1.29 is 9.84 Å². The summed E-state index contributed by atoms with van der Waals surface area (Å²) in [5.41, 5.74) is 1.93. The van der Waals surface area contributed by atoms with E-state index in [2.05, 4.69) is 36.1 Å². The molecule has 0 fully saturated rings. The number of aliphatic hydroxyl groups is 1. The molecule has 1 atom stereocenters. The molecule has 0 bridgehead atoms. The van der Waals surface area contributed by atoms with E-state index in [-0.39, 0.29) is 0 Å². The first kappa shape index (κ1) is 15.0. The van der Waals surface area contributed by atoms with Gasteiger partial charge < -0.3 is 14.7 Å². The van der Waals surface area contributed by atoms with Crippen molar-refractivity contribution in [3.8, 4) is 0 Å². The van der Waals surface area contributed by atoms with E-state index < -0.39 is 11.7 Å². The summed E-state index contributed by atoms with van der Waals surface area (Å²) in [7, 11) is 3.67. The van der Waals surface area contributed by atoms with Crippen molar-refractivity contribution in [2.45, 2.75) is 38.9 Å². The maximum Gasteiger partial charge on any atom is 0.0881 e. The molecule has 18 heavy (non-hydrogen) atoms. The number of nitrogens with zero attached hydrogens (tertiary/aromatic N) is 1. The van der Waals surface area contributed by atoms with Crippen LogP contribution in [0.3, 0.4) is 0 Å². The summed E-state index contributed by atoms with van der Waals surface area (Å²) in [6, 6.07) is 8.40. The van der Waals surface area contributed by atoms with Gasteiger partial charge in [0.25, 0.3) is 0 Å². The van der Waals surface area contributed by atoms with E-state index in [9.17, 15) is 5.11 Å². The van der Waals surface area contributed by atoms with E-state index in [1.165, 1.54) is 11.3 Å². The minimum atomic E-state index is -0.492. The van der Waals surface area contributed by atoms with Crippen LogP contribution in [0.15, 0.2) is 24.3 Å². The number of aryl methyl sites for hydroxylation is 1. The quantitative estimate of drug-likeness (QED) is 0.843. The minimum Gasteiger partial charge on any atom is -0.390 e. The van der Waals surface area contributed by atoms with Crippen LogP contribution in [-0.2, 0) is 4.74 Å². The standard InChI is InChI=1S/C15H25NO2/c1-12-6-8-13(9-7-12)16(4)11-10-14(17)15(2,3)18-5/h6-9,14,17H,10-11H2,1-5H3. The van der Waals surface area contributed by atoms with Gasteiger partial charge in [-0.3, -0.25) is 0 Å². The van der Waals surface area contributed by atoms with E-state index in [0.29, 0.717) is 6.42 Å². The second-order valence-corrected chi connectivity index (χ2v) is 5.37. The highest BCUT2D eigenvalue weighted by Gasteiger charge is 2.27. The molecule has 0 saturated carbocycles. The van der Waals surface area contributed by atoms with Gasteiger partial charge in [0.15, 0.2) is 0 Å². The van der Waals surface area contributed by atoms with Gasteiger partial charge in [0.1, 0.15) is 0 Å². The van der Waals surface area contributed by atoms with Gasteiger partial charge in [0.05, 0.1) is 11.7 Å². The van der Waals surface area contributed by atoms with Crippen LogP contribution < -0.4 is 4.90 Å². The lowest BCUT2D eigenvalue weighted by atomic mass is 9.98. The first-order chi connectivity index (χ1) is 8.36. The fourth-order valence-electron chi connectivity index (χ4n) is 1.73. The second-order valence-electron chi connectivity index (χ2n) is 5.37. The summed E-state index contributed by atoms with van der Waals surface area (Å²) in [5, 5.41) is 10.1. The topological polar surface area (TPSA) is 32.7 Å². The van der Waals surface area contributed by atoms with Crippen molar-refractivity contribution in [2.24, 2.45) is 0 Å². The zero-order valence-electron chi connectivity index (χ0n) is 12.1. The van der Waals surface area contributed by atoms with Crippen LogP contribution in [0.25, 0.3) is 0 Å². The number of benzene rings is 1. The Morgan fingerprint density at radius 3 is 2.33 bits per heavy atom. The van der Waals surface area contributed by atoms with E-state index in [1.54, 1.807) is 7.11 Å². The maximum absolute atomic E-state index is 10.1. The van der Waals surface area contributed by atoms with Crippen LogP contribution in [-0.4, -0.2) is 37.5 Å². The minimum absolute atomic E-state index is 0.463. The lowest BCUT2D eigenvalue weighted by Crippen LogP contribution is -2.40. The van der Waals surface area contributed by atoms with Crippen LogP contribution in [0.5, 0.6) is 0 Å². The summed E-state index contributed by atoms with van der Waals surface area (Å²) in [5.74, 6) is 0. The van der Waals surface area contributed by atoms with E-state index in [4.69, 9.17) is 4.74 Å². The molecule has 0 amide bonds. The number of rotatable bonds is 6. The molecular weight excluding hydrogens is 226 g/mol. The second kappa shape index (κ2) is 6.21. The van der Waals surface area contributed by atoms with Gasteiger partial charge in [-0.25, -0.2) is 0 Å². The van der Waals surface area contributed by atoms with Crippen molar-refractivity contribution >= 4 is 5.69 Å². The van der Waals surface area contributed by atoms with Crippen molar-refractivity contribution in [3.63, 3.8) is 0 Å². The number of anilines is 1. The summed E-state index contributed by atoms with van der Waals surface area (Å²) < 4.78 is 5.28. The molecule has 1 rings (SSSR count). The zero-order chi connectivity index (χ0) is 13.8. The van der Waals surface area contributed by atoms with Gasteiger partial charge in [-0.1, -0.05) is 17.7 Å². The van der Waals surface area contributed by atoms with Crippen LogP contribution >= 0.6 is 0 Å². The van der Waals surface area contributed by atoms with Crippen molar-refractivity contribution in [1.82, 2.24) is 0 Å². The van der Waals surface area contributed by atoms with Crippen molar-refractivity contribution in [3.05, 3.63) is 29.8 Å². The monoisotopic (exact) mass is 251 g/mol. The molecule has 3 nitrogen and oxygen atoms in total. The third kappa shape index (κ3) is 4.00. The van der Waals surface area contributed by atoms with Crippen LogP contribution in [0.4, 0.5) is 5.69 Å². The Morgan fingerprint density at radius 2 is 1.83 bits per heavy atom. The average molecular weight is 251 g/mol. The van der Waals surface area contributed by atoms with E-state index in [1.807, 2.05) is 20.9 Å². The third-order valence-corrected chi connectivity index (χ3v) is 3.54. The smallest absolute Gasteiger partial charge is 0.0881 e. The lowest BCUT2D eigenvalue weighted by molar-refractivity contribution is -0.0790. The fraction of sp³-hybridized carbons (Fsp3) is 0.600. The normalized spacial score (nSPS) is 13.4. The highest BCUT2D eigenvalue weighted by Crippen LogP contribution is 2.19. The number of hydrogen-bond acceptors (Lipinski definition) is 3. The SMILES string of the molecule is COC(C)(C)C(O)CCN(C)c1ccc(C)cc1. The van der Waals surface area contributed by atoms with Crippen molar-refractivity contribution in [2.75, 3.05) is 25.6 Å². The Hall–Kier alpha value is -1.06. The average Bonchev–Trinajstić information content (AvgIpc) is 2.36. The molecule has 0 heterocycles. The molecule has 1 N–H and O–H groups in total. The van der Waals surface area contributed by atoms with Crippen LogP contribution in [0.2, 0.25) is 0 Å². The van der Waals surface area contributed by atoms with Crippen molar-refractivity contribution in [1.29, 1.82) is 0 Å². The summed E-state index contributed by atoms with van der Waals surface area (Å²) >= 11 is 0. The Kier molecular flexibility index (Phi) is 5.17. The molecule has 0 aliphatic carbocycles. The Bertz CT molecular complexity index is 359. The molecule has 102 valence electrons. The Balaban J connectivity index is 2.51. The van der Waals surface area contributed by atoms with Crippen LogP contribution in [0, 0.1) is 6.92 Å². The molecule has 1 aromatic carbocycles. The Morgan fingerprint density at radius 1 is 1.28 bits per heavy atom. The molecule has 1 unspecified atom stereocenters. The van der Waals surface area contributed by atoms with E-state index >= 15 is 0 Å². The third-order valence-electron chi connectivity index (χ3n) is 3.54. The van der Waals surface area contributed by atoms with Crippen LogP contribution in [0.1, 0.15) is 25.8 Å². The van der Waals surface area contributed by atoms with Gasteiger partial charge in [-0.2, -0.15) is 0 Å². The summed E-state index contributed by atoms with van der Waals surface area (Å²) in [4.78, 5) is 2.15. The highest BCUT2D eigenvalue weighted by atomic mass is 16.5. The van der Waals surface area contributed by atoms with Gasteiger partial charge >= 0.3 is 0 Å². The largest absolute Gasteiger partial charge is 0.390 e. The predicted molar refractivity (Wildman–Crippen MR) is 76.2 cm³/mol. The molecule has 0 radical (unpaired) electrons. The summed E-state index contributed by atoms with van der Waals surface area (Å²) in [6.45, 7) is 6.69. The molecule has 0 aromatic heterocycles. The lowest BCUT2D eigenvalue weighted by Gasteiger charge is -2.30. The number of ether oxygens (including phenoxy) is 1. The zero-order valence-corrected chi connectivity index (χ0v) is 12.1. The number of methoxy groups -OCH3 is 1. The first-order valence-electron chi connectivity index (χ1n) is 6.38. The first-order valence-corrected chi connectivity index (χ1v) is 6.38.